The zero-order valence-electron chi connectivity index (χ0n) is 12.7. The fraction of sp³-hybridized carbons (Fsp3) is 0.278. The largest absolute Gasteiger partial charge is 0.484 e. The smallest absolute Gasteiger partial charge is 0.231 e. The summed E-state index contributed by atoms with van der Waals surface area (Å²) in [5.74, 6) is 0.814. The Bertz CT molecular complexity index is 694. The molecule has 0 fully saturated rings. The number of nitrogens with zero attached hydrogens (tertiary/aromatic N) is 1. The molecule has 0 saturated heterocycles. The van der Waals surface area contributed by atoms with E-state index < -0.39 is 5.60 Å². The van der Waals surface area contributed by atoms with E-state index in [0.717, 1.165) is 17.0 Å². The van der Waals surface area contributed by atoms with Crippen molar-refractivity contribution >= 4 is 23.2 Å². The van der Waals surface area contributed by atoms with Gasteiger partial charge in [0.15, 0.2) is 0 Å². The topological polar surface area (TPSA) is 29.5 Å². The summed E-state index contributed by atoms with van der Waals surface area (Å²) in [6.07, 6.45) is 0.349. The second kappa shape index (κ2) is 5.65. The third kappa shape index (κ3) is 3.09. The van der Waals surface area contributed by atoms with Crippen molar-refractivity contribution in [3.63, 3.8) is 0 Å². The third-order valence-corrected chi connectivity index (χ3v) is 3.90. The fourth-order valence-corrected chi connectivity index (χ4v) is 2.78. The number of halogens is 1. The van der Waals surface area contributed by atoms with E-state index in [1.54, 1.807) is 12.1 Å². The van der Waals surface area contributed by atoms with Gasteiger partial charge in [-0.3, -0.25) is 4.79 Å². The predicted octanol–water partition coefficient (Wildman–Crippen LogP) is 4.09. The van der Waals surface area contributed by atoms with E-state index >= 15 is 0 Å². The normalized spacial score (nSPS) is 15.9. The van der Waals surface area contributed by atoms with Gasteiger partial charge in [-0.15, -0.1) is 0 Å². The molecular formula is C18H18ClNO2. The minimum absolute atomic E-state index is 0.0612. The summed E-state index contributed by atoms with van der Waals surface area (Å²) in [5, 5.41) is 0.675. The molecule has 3 nitrogen and oxygen atoms in total. The first-order valence-electron chi connectivity index (χ1n) is 7.27. The van der Waals surface area contributed by atoms with Crippen LogP contribution in [-0.2, 0) is 11.2 Å². The highest BCUT2D eigenvalue weighted by Gasteiger charge is 2.34. The Labute approximate surface area is 135 Å². The van der Waals surface area contributed by atoms with E-state index in [-0.39, 0.29) is 5.91 Å². The van der Waals surface area contributed by atoms with E-state index in [1.807, 2.05) is 55.1 Å². The van der Waals surface area contributed by atoms with Crippen LogP contribution in [0.4, 0.5) is 5.69 Å². The number of anilines is 1. The minimum atomic E-state index is -0.399. The number of carbonyl (C=O) groups is 1. The van der Waals surface area contributed by atoms with Gasteiger partial charge in [-0.25, -0.2) is 0 Å². The Morgan fingerprint density at radius 1 is 1.18 bits per heavy atom. The van der Waals surface area contributed by atoms with Crippen LogP contribution in [0, 0.1) is 0 Å². The first kappa shape index (κ1) is 14.9. The van der Waals surface area contributed by atoms with Gasteiger partial charge in [0.2, 0.25) is 5.91 Å². The molecule has 0 atom stereocenters. The van der Waals surface area contributed by atoms with E-state index in [9.17, 15) is 4.79 Å². The maximum absolute atomic E-state index is 12.7. The van der Waals surface area contributed by atoms with E-state index in [1.165, 1.54) is 0 Å². The standard InChI is InChI=1S/C18H18ClNO2/c1-18(2)12-20(15-5-3-4-6-16(15)22-18)17(21)11-13-7-9-14(19)10-8-13/h3-10H,11-12H2,1-2H3. The van der Waals surface area contributed by atoms with Crippen molar-refractivity contribution in [2.75, 3.05) is 11.4 Å². The number of benzene rings is 2. The maximum Gasteiger partial charge on any atom is 0.231 e. The summed E-state index contributed by atoms with van der Waals surface area (Å²) < 4.78 is 5.95. The third-order valence-electron chi connectivity index (χ3n) is 3.65. The van der Waals surface area contributed by atoms with Gasteiger partial charge in [-0.05, 0) is 43.7 Å². The van der Waals surface area contributed by atoms with Gasteiger partial charge in [-0.1, -0.05) is 35.9 Å². The highest BCUT2D eigenvalue weighted by atomic mass is 35.5. The molecule has 0 unspecified atom stereocenters. The zero-order chi connectivity index (χ0) is 15.7. The molecule has 0 aromatic heterocycles. The molecule has 0 spiro atoms. The number of rotatable bonds is 2. The van der Waals surface area contributed by atoms with Crippen molar-refractivity contribution in [3.8, 4) is 5.75 Å². The molecule has 0 saturated carbocycles. The van der Waals surface area contributed by atoms with Crippen LogP contribution < -0.4 is 9.64 Å². The van der Waals surface area contributed by atoms with Crippen LogP contribution in [0.3, 0.4) is 0 Å². The lowest BCUT2D eigenvalue weighted by Crippen LogP contribution is -2.49. The molecule has 1 amide bonds. The van der Waals surface area contributed by atoms with Gasteiger partial charge >= 0.3 is 0 Å². The number of hydrogen-bond acceptors (Lipinski definition) is 2. The molecule has 1 aliphatic rings. The fourth-order valence-electron chi connectivity index (χ4n) is 2.66. The van der Waals surface area contributed by atoms with Crippen LogP contribution in [0.5, 0.6) is 5.75 Å². The van der Waals surface area contributed by atoms with Crippen LogP contribution >= 0.6 is 11.6 Å². The lowest BCUT2D eigenvalue weighted by molar-refractivity contribution is -0.118. The molecular weight excluding hydrogens is 298 g/mol. The van der Waals surface area contributed by atoms with Crippen molar-refractivity contribution in [1.82, 2.24) is 0 Å². The van der Waals surface area contributed by atoms with Crippen molar-refractivity contribution in [3.05, 3.63) is 59.1 Å². The molecule has 2 aromatic rings. The molecule has 114 valence electrons. The number of para-hydroxylation sites is 2. The SMILES string of the molecule is CC1(C)CN(C(=O)Cc2ccc(Cl)cc2)c2ccccc2O1. The van der Waals surface area contributed by atoms with Gasteiger partial charge in [-0.2, -0.15) is 0 Å². The molecule has 0 N–H and O–H groups in total. The Kier molecular flexibility index (Phi) is 3.83. The summed E-state index contributed by atoms with van der Waals surface area (Å²) >= 11 is 5.89. The molecule has 2 aromatic carbocycles. The second-order valence-electron chi connectivity index (χ2n) is 6.11. The Morgan fingerprint density at radius 3 is 2.59 bits per heavy atom. The maximum atomic E-state index is 12.7. The first-order chi connectivity index (χ1) is 10.4. The average molecular weight is 316 g/mol. The summed E-state index contributed by atoms with van der Waals surface area (Å²) in [6, 6.07) is 15.0. The molecule has 0 radical (unpaired) electrons. The van der Waals surface area contributed by atoms with Crippen molar-refractivity contribution in [1.29, 1.82) is 0 Å². The van der Waals surface area contributed by atoms with Crippen molar-refractivity contribution < 1.29 is 9.53 Å². The van der Waals surface area contributed by atoms with Gasteiger partial charge in [0.25, 0.3) is 0 Å². The van der Waals surface area contributed by atoms with Crippen LogP contribution in [0.25, 0.3) is 0 Å². The quantitative estimate of drug-likeness (QED) is 0.835. The summed E-state index contributed by atoms with van der Waals surface area (Å²) in [4.78, 5) is 14.6. The van der Waals surface area contributed by atoms with Gasteiger partial charge < -0.3 is 9.64 Å². The van der Waals surface area contributed by atoms with Crippen molar-refractivity contribution in [2.45, 2.75) is 25.9 Å². The molecule has 0 aliphatic carbocycles. The molecule has 1 heterocycles. The molecule has 22 heavy (non-hydrogen) atoms. The molecule has 1 aliphatic heterocycles. The monoisotopic (exact) mass is 315 g/mol. The Hall–Kier alpha value is -2.00. The molecule has 0 bridgehead atoms. The molecule has 4 heteroatoms. The van der Waals surface area contributed by atoms with Gasteiger partial charge in [0.05, 0.1) is 18.7 Å². The van der Waals surface area contributed by atoms with Crippen LogP contribution in [0.2, 0.25) is 5.02 Å². The summed E-state index contributed by atoms with van der Waals surface area (Å²) in [5.41, 5.74) is 1.39. The number of amides is 1. The van der Waals surface area contributed by atoms with E-state index in [2.05, 4.69) is 0 Å². The zero-order valence-corrected chi connectivity index (χ0v) is 13.4. The Morgan fingerprint density at radius 2 is 1.86 bits per heavy atom. The van der Waals surface area contributed by atoms with E-state index in [4.69, 9.17) is 16.3 Å². The van der Waals surface area contributed by atoms with Crippen LogP contribution in [0.1, 0.15) is 19.4 Å². The highest BCUT2D eigenvalue weighted by Crippen LogP contribution is 2.36. The lowest BCUT2D eigenvalue weighted by Gasteiger charge is -2.39. The van der Waals surface area contributed by atoms with E-state index in [0.29, 0.717) is 18.0 Å². The molecule has 3 rings (SSSR count). The lowest BCUT2D eigenvalue weighted by atomic mass is 10.0. The van der Waals surface area contributed by atoms with Crippen LogP contribution in [0.15, 0.2) is 48.5 Å². The average Bonchev–Trinajstić information content (AvgIpc) is 2.47. The van der Waals surface area contributed by atoms with Crippen LogP contribution in [-0.4, -0.2) is 18.1 Å². The van der Waals surface area contributed by atoms with Crippen molar-refractivity contribution in [2.24, 2.45) is 0 Å². The first-order valence-corrected chi connectivity index (χ1v) is 7.65. The minimum Gasteiger partial charge on any atom is -0.484 e. The number of carbonyl (C=O) groups excluding carboxylic acids is 1. The van der Waals surface area contributed by atoms with Gasteiger partial charge in [0, 0.05) is 5.02 Å². The second-order valence-corrected chi connectivity index (χ2v) is 6.55. The predicted molar refractivity (Wildman–Crippen MR) is 88.7 cm³/mol. The van der Waals surface area contributed by atoms with Gasteiger partial charge in [0.1, 0.15) is 11.4 Å². The number of hydrogen-bond donors (Lipinski definition) is 0. The highest BCUT2D eigenvalue weighted by molar-refractivity contribution is 6.30. The number of fused-ring (bicyclic) bond motifs is 1. The number of ether oxygens (including phenoxy) is 1. The Balaban J connectivity index is 1.87. The summed E-state index contributed by atoms with van der Waals surface area (Å²) in [6.45, 7) is 4.52. The summed E-state index contributed by atoms with van der Waals surface area (Å²) in [7, 11) is 0.